The van der Waals surface area contributed by atoms with E-state index in [-0.39, 0.29) is 18.3 Å². The van der Waals surface area contributed by atoms with E-state index in [9.17, 15) is 13.2 Å². The molecule has 1 amide bonds. The lowest BCUT2D eigenvalue weighted by Crippen LogP contribution is -2.44. The van der Waals surface area contributed by atoms with Crippen LogP contribution in [0, 0.1) is 0 Å². The predicted octanol–water partition coefficient (Wildman–Crippen LogP) is 0.930. The zero-order valence-corrected chi connectivity index (χ0v) is 19.6. The molecule has 0 aliphatic carbocycles. The number of aliphatic imine (C=N–C) groups is 1. The molecule has 0 bridgehead atoms. The summed E-state index contributed by atoms with van der Waals surface area (Å²) in [5.74, 6) is 2.40. The molecule has 2 N–H and O–H groups in total. The summed E-state index contributed by atoms with van der Waals surface area (Å²) < 4.78 is 31.9. The van der Waals surface area contributed by atoms with Crippen molar-refractivity contribution in [3.05, 3.63) is 0 Å². The minimum absolute atomic E-state index is 0.0139. The van der Waals surface area contributed by atoms with Gasteiger partial charge in [0.1, 0.15) is 5.60 Å². The topological polar surface area (TPSA) is 103 Å². The van der Waals surface area contributed by atoms with Crippen molar-refractivity contribution >= 4 is 33.8 Å². The molecule has 0 aromatic carbocycles. The van der Waals surface area contributed by atoms with Gasteiger partial charge in [-0.15, -0.1) is 0 Å². The summed E-state index contributed by atoms with van der Waals surface area (Å²) in [4.78, 5) is 18.6. The number of hydrogen-bond donors (Lipinski definition) is 2. The first-order valence-corrected chi connectivity index (χ1v) is 13.0. The van der Waals surface area contributed by atoms with Crippen LogP contribution in [0.25, 0.3) is 0 Å². The molecule has 0 aromatic rings. The molecule has 0 saturated carbocycles. The summed E-state index contributed by atoms with van der Waals surface area (Å²) in [6.45, 7) is 10.9. The Hall–Kier alpha value is -1.20. The van der Waals surface area contributed by atoms with Gasteiger partial charge in [-0.1, -0.05) is 0 Å². The maximum absolute atomic E-state index is 12.5. The van der Waals surface area contributed by atoms with Crippen LogP contribution in [-0.2, 0) is 14.8 Å². The van der Waals surface area contributed by atoms with Crippen molar-refractivity contribution < 1.29 is 17.9 Å². The van der Waals surface area contributed by atoms with Gasteiger partial charge in [-0.05, 0) is 34.1 Å². The first kappa shape index (κ1) is 24.1. The largest absolute Gasteiger partial charge is 0.444 e. The Morgan fingerprint density at radius 2 is 1.93 bits per heavy atom. The van der Waals surface area contributed by atoms with Crippen molar-refractivity contribution in [2.75, 3.05) is 56.5 Å². The molecule has 2 heterocycles. The highest BCUT2D eigenvalue weighted by molar-refractivity contribution is 7.99. The summed E-state index contributed by atoms with van der Waals surface area (Å²) in [6, 6.07) is -0.0247. The zero-order chi connectivity index (χ0) is 21.5. The first-order chi connectivity index (χ1) is 13.6. The van der Waals surface area contributed by atoms with Crippen molar-refractivity contribution in [1.29, 1.82) is 0 Å². The van der Waals surface area contributed by atoms with E-state index in [1.54, 1.807) is 16.1 Å². The first-order valence-electron chi connectivity index (χ1n) is 10.2. The fourth-order valence-electron chi connectivity index (χ4n) is 3.19. The molecule has 11 heteroatoms. The van der Waals surface area contributed by atoms with Crippen LogP contribution < -0.4 is 10.6 Å². The van der Waals surface area contributed by atoms with Gasteiger partial charge in [-0.2, -0.15) is 11.8 Å². The maximum atomic E-state index is 12.5. The van der Waals surface area contributed by atoms with Gasteiger partial charge in [0, 0.05) is 44.2 Å². The van der Waals surface area contributed by atoms with Crippen LogP contribution in [0.1, 0.15) is 34.1 Å². The number of rotatable bonds is 6. The van der Waals surface area contributed by atoms with Crippen LogP contribution >= 0.6 is 11.8 Å². The third-order valence-electron chi connectivity index (χ3n) is 4.52. The smallest absolute Gasteiger partial charge is 0.407 e. The summed E-state index contributed by atoms with van der Waals surface area (Å²) >= 11 is 1.78. The van der Waals surface area contributed by atoms with E-state index < -0.39 is 21.7 Å². The Morgan fingerprint density at radius 3 is 2.55 bits per heavy atom. The lowest BCUT2D eigenvalue weighted by molar-refractivity contribution is 0.0507. The number of guanidine groups is 1. The second kappa shape index (κ2) is 10.7. The van der Waals surface area contributed by atoms with Gasteiger partial charge in [0.25, 0.3) is 0 Å². The number of nitrogens with one attached hydrogen (secondary N) is 2. The quantitative estimate of drug-likeness (QED) is 0.459. The Bertz CT molecular complexity index is 672. The average molecular weight is 450 g/mol. The van der Waals surface area contributed by atoms with E-state index >= 15 is 0 Å². The molecule has 2 aliphatic heterocycles. The Balaban J connectivity index is 1.87. The number of nitrogens with zero attached hydrogens (tertiary/aromatic N) is 3. The number of ether oxygens (including phenoxy) is 1. The van der Waals surface area contributed by atoms with E-state index in [0.29, 0.717) is 32.1 Å². The number of amides is 1. The molecular weight excluding hydrogens is 414 g/mol. The van der Waals surface area contributed by atoms with Crippen LogP contribution in [-0.4, -0.2) is 97.8 Å². The van der Waals surface area contributed by atoms with Crippen LogP contribution in [0.2, 0.25) is 0 Å². The molecule has 168 valence electrons. The minimum Gasteiger partial charge on any atom is -0.444 e. The highest BCUT2D eigenvalue weighted by atomic mass is 32.2. The predicted molar refractivity (Wildman–Crippen MR) is 118 cm³/mol. The fraction of sp³-hybridized carbons (Fsp3) is 0.889. The third kappa shape index (κ3) is 8.21. The lowest BCUT2D eigenvalue weighted by Gasteiger charge is -2.25. The maximum Gasteiger partial charge on any atom is 0.407 e. The van der Waals surface area contributed by atoms with Crippen molar-refractivity contribution in [2.24, 2.45) is 4.99 Å². The molecule has 0 spiro atoms. The molecule has 2 saturated heterocycles. The van der Waals surface area contributed by atoms with E-state index in [0.717, 1.165) is 24.5 Å². The third-order valence-corrected chi connectivity index (χ3v) is 7.31. The normalized spacial score (nSPS) is 21.9. The SMILES string of the molecule is CCNC(=NCCS(=O)(=O)N1CCSCC1)N1CCC(NC(=O)OC(C)(C)C)C1. The molecule has 2 aliphatic rings. The van der Waals surface area contributed by atoms with Crippen LogP contribution in [0.3, 0.4) is 0 Å². The highest BCUT2D eigenvalue weighted by Crippen LogP contribution is 2.14. The second-order valence-electron chi connectivity index (χ2n) is 8.14. The number of sulfonamides is 1. The molecule has 0 radical (unpaired) electrons. The van der Waals surface area contributed by atoms with Crippen molar-refractivity contribution in [3.8, 4) is 0 Å². The van der Waals surface area contributed by atoms with Gasteiger partial charge in [0.2, 0.25) is 10.0 Å². The molecule has 29 heavy (non-hydrogen) atoms. The summed E-state index contributed by atoms with van der Waals surface area (Å²) in [5.41, 5.74) is -0.530. The van der Waals surface area contributed by atoms with E-state index in [1.165, 1.54) is 0 Å². The van der Waals surface area contributed by atoms with E-state index in [1.807, 2.05) is 27.7 Å². The van der Waals surface area contributed by atoms with Gasteiger partial charge in [0.05, 0.1) is 18.3 Å². The number of thioether (sulfide) groups is 1. The molecule has 1 unspecified atom stereocenters. The van der Waals surface area contributed by atoms with Gasteiger partial charge in [-0.3, -0.25) is 4.99 Å². The summed E-state index contributed by atoms with van der Waals surface area (Å²) in [7, 11) is -3.27. The van der Waals surface area contributed by atoms with E-state index in [4.69, 9.17) is 4.74 Å². The molecular formula is C18H35N5O4S2. The van der Waals surface area contributed by atoms with Crippen molar-refractivity contribution in [3.63, 3.8) is 0 Å². The lowest BCUT2D eigenvalue weighted by atomic mass is 10.2. The molecule has 9 nitrogen and oxygen atoms in total. The molecule has 2 rings (SSSR count). The molecule has 1 atom stereocenters. The fourth-order valence-corrected chi connectivity index (χ4v) is 5.64. The summed E-state index contributed by atoms with van der Waals surface area (Å²) in [6.07, 6.45) is 0.366. The Labute approximate surface area is 179 Å². The number of carbonyl (C=O) groups excluding carboxylic acids is 1. The average Bonchev–Trinajstić information content (AvgIpc) is 3.08. The van der Waals surface area contributed by atoms with Crippen molar-refractivity contribution in [2.45, 2.75) is 45.8 Å². The van der Waals surface area contributed by atoms with Gasteiger partial charge >= 0.3 is 6.09 Å². The summed E-state index contributed by atoms with van der Waals surface area (Å²) in [5, 5.41) is 6.12. The monoisotopic (exact) mass is 449 g/mol. The van der Waals surface area contributed by atoms with Crippen LogP contribution in [0.15, 0.2) is 4.99 Å². The second-order valence-corrected chi connectivity index (χ2v) is 11.5. The Morgan fingerprint density at radius 1 is 1.24 bits per heavy atom. The zero-order valence-electron chi connectivity index (χ0n) is 17.9. The standard InChI is InChI=1S/C18H35N5O4S2/c1-5-19-16(20-7-13-29(25,26)23-9-11-28-12-10-23)22-8-6-15(14-22)21-17(24)27-18(2,3)4/h15H,5-14H2,1-4H3,(H,19,20)(H,21,24). The van der Waals surface area contributed by atoms with Gasteiger partial charge < -0.3 is 20.3 Å². The molecule has 2 fully saturated rings. The molecule has 0 aromatic heterocycles. The van der Waals surface area contributed by atoms with E-state index in [2.05, 4.69) is 20.5 Å². The number of hydrogen-bond acceptors (Lipinski definition) is 6. The minimum atomic E-state index is -3.27. The van der Waals surface area contributed by atoms with Gasteiger partial charge in [0.15, 0.2) is 5.96 Å². The van der Waals surface area contributed by atoms with Crippen LogP contribution in [0.4, 0.5) is 4.79 Å². The number of alkyl carbamates (subject to hydrolysis) is 1. The van der Waals surface area contributed by atoms with Gasteiger partial charge in [-0.25, -0.2) is 17.5 Å². The number of likely N-dealkylation sites (tertiary alicyclic amines) is 1. The van der Waals surface area contributed by atoms with Crippen LogP contribution in [0.5, 0.6) is 0 Å². The Kier molecular flexibility index (Phi) is 8.90. The number of carbonyl (C=O) groups is 1. The van der Waals surface area contributed by atoms with Crippen molar-refractivity contribution in [1.82, 2.24) is 19.8 Å². The highest BCUT2D eigenvalue weighted by Gasteiger charge is 2.28.